The smallest absolute Gasteiger partial charge is 0.161 e. The molecule has 0 heterocycles. The van der Waals surface area contributed by atoms with Crippen molar-refractivity contribution in [3.8, 4) is 11.5 Å². The molecular weight excluding hydrogens is 292 g/mol. The maximum atomic E-state index is 5.66. The summed E-state index contributed by atoms with van der Waals surface area (Å²) in [5.41, 5.74) is 1.29. The predicted molar refractivity (Wildman–Crippen MR) is 80.2 cm³/mol. The summed E-state index contributed by atoms with van der Waals surface area (Å²) in [5.74, 6) is 2.76. The first-order chi connectivity index (χ1) is 8.63. The summed E-state index contributed by atoms with van der Waals surface area (Å²) in [7, 11) is 1.69. The van der Waals surface area contributed by atoms with Gasteiger partial charge in [-0.1, -0.05) is 42.8 Å². The summed E-state index contributed by atoms with van der Waals surface area (Å²) in [6.07, 6.45) is 1.00. The fourth-order valence-corrected chi connectivity index (χ4v) is 2.32. The summed E-state index contributed by atoms with van der Waals surface area (Å²) in [4.78, 5) is 0. The Kier molecular flexibility index (Phi) is 6.55. The zero-order valence-corrected chi connectivity index (χ0v) is 13.3. The average molecular weight is 315 g/mol. The van der Waals surface area contributed by atoms with Gasteiger partial charge in [-0.3, -0.25) is 0 Å². The fourth-order valence-electron chi connectivity index (χ4n) is 1.76. The van der Waals surface area contributed by atoms with Crippen LogP contribution >= 0.6 is 15.9 Å². The van der Waals surface area contributed by atoms with Crippen molar-refractivity contribution in [1.29, 1.82) is 0 Å². The molecule has 0 N–H and O–H groups in total. The van der Waals surface area contributed by atoms with E-state index in [2.05, 4.69) is 48.8 Å². The van der Waals surface area contributed by atoms with Gasteiger partial charge in [0.25, 0.3) is 0 Å². The Balaban J connectivity index is 2.90. The van der Waals surface area contributed by atoms with Gasteiger partial charge in [-0.05, 0) is 36.0 Å². The van der Waals surface area contributed by atoms with Crippen LogP contribution in [0.3, 0.4) is 0 Å². The van der Waals surface area contributed by atoms with Crippen LogP contribution in [0.25, 0.3) is 0 Å². The van der Waals surface area contributed by atoms with Crippen LogP contribution in [-0.2, 0) is 0 Å². The number of halogens is 1. The molecule has 1 aromatic carbocycles. The van der Waals surface area contributed by atoms with E-state index in [4.69, 9.17) is 9.47 Å². The van der Waals surface area contributed by atoms with Gasteiger partial charge >= 0.3 is 0 Å². The van der Waals surface area contributed by atoms with E-state index in [1.54, 1.807) is 7.11 Å². The molecular formula is C15H23BrO2. The molecule has 0 aromatic heterocycles. The van der Waals surface area contributed by atoms with E-state index in [0.717, 1.165) is 29.9 Å². The van der Waals surface area contributed by atoms with Gasteiger partial charge in [-0.2, -0.15) is 0 Å². The van der Waals surface area contributed by atoms with E-state index >= 15 is 0 Å². The van der Waals surface area contributed by atoms with Crippen LogP contribution in [-0.4, -0.2) is 19.0 Å². The number of benzene rings is 1. The fraction of sp³-hybridized carbons (Fsp3) is 0.600. The Morgan fingerprint density at radius 1 is 1.22 bits per heavy atom. The highest BCUT2D eigenvalue weighted by atomic mass is 79.9. The van der Waals surface area contributed by atoms with Crippen molar-refractivity contribution < 1.29 is 9.47 Å². The summed E-state index contributed by atoms with van der Waals surface area (Å²) in [6, 6.07) is 6.24. The molecule has 0 fully saturated rings. The SMILES string of the molecule is CCCOc1ccc(C(C)C(C)CBr)cc1OC. The highest BCUT2D eigenvalue weighted by Crippen LogP contribution is 2.33. The van der Waals surface area contributed by atoms with Crippen LogP contribution in [0.5, 0.6) is 11.5 Å². The van der Waals surface area contributed by atoms with Gasteiger partial charge in [-0.15, -0.1) is 0 Å². The predicted octanol–water partition coefficient (Wildman–Crippen LogP) is 4.62. The number of alkyl halides is 1. The van der Waals surface area contributed by atoms with Crippen LogP contribution in [0.2, 0.25) is 0 Å². The van der Waals surface area contributed by atoms with Gasteiger partial charge < -0.3 is 9.47 Å². The number of hydrogen-bond acceptors (Lipinski definition) is 2. The van der Waals surface area contributed by atoms with Crippen LogP contribution in [0.1, 0.15) is 38.7 Å². The second-order valence-corrected chi connectivity index (χ2v) is 5.33. The summed E-state index contributed by atoms with van der Waals surface area (Å²) in [5, 5.41) is 1.00. The lowest BCUT2D eigenvalue weighted by molar-refractivity contribution is 0.294. The van der Waals surface area contributed by atoms with Gasteiger partial charge in [-0.25, -0.2) is 0 Å². The molecule has 0 radical (unpaired) electrons. The Labute approximate surface area is 119 Å². The normalized spacial score (nSPS) is 14.1. The molecule has 102 valence electrons. The Hall–Kier alpha value is -0.700. The van der Waals surface area contributed by atoms with E-state index in [0.29, 0.717) is 11.8 Å². The minimum atomic E-state index is 0.499. The molecule has 1 aromatic rings. The molecule has 0 aliphatic rings. The average Bonchev–Trinajstić information content (AvgIpc) is 2.43. The number of ether oxygens (including phenoxy) is 2. The number of rotatable bonds is 7. The summed E-state index contributed by atoms with van der Waals surface area (Å²) >= 11 is 3.54. The molecule has 0 bridgehead atoms. The summed E-state index contributed by atoms with van der Waals surface area (Å²) in [6.45, 7) is 7.31. The molecule has 0 aliphatic heterocycles. The maximum absolute atomic E-state index is 5.66. The zero-order valence-electron chi connectivity index (χ0n) is 11.7. The third-order valence-corrected chi connectivity index (χ3v) is 4.29. The lowest BCUT2D eigenvalue weighted by Gasteiger charge is -2.19. The lowest BCUT2D eigenvalue weighted by atomic mass is 9.90. The molecule has 0 spiro atoms. The molecule has 0 aliphatic carbocycles. The minimum Gasteiger partial charge on any atom is -0.493 e. The van der Waals surface area contributed by atoms with Crippen LogP contribution in [0, 0.1) is 5.92 Å². The number of methoxy groups -OCH3 is 1. The van der Waals surface area contributed by atoms with Crippen LogP contribution in [0.15, 0.2) is 18.2 Å². The van der Waals surface area contributed by atoms with Crippen molar-refractivity contribution in [2.45, 2.75) is 33.1 Å². The highest BCUT2D eigenvalue weighted by Gasteiger charge is 2.15. The maximum Gasteiger partial charge on any atom is 0.161 e. The Morgan fingerprint density at radius 3 is 2.50 bits per heavy atom. The molecule has 2 atom stereocenters. The van der Waals surface area contributed by atoms with E-state index in [9.17, 15) is 0 Å². The molecule has 0 saturated carbocycles. The molecule has 0 amide bonds. The number of hydrogen-bond donors (Lipinski definition) is 0. The standard InChI is InChI=1S/C15H23BrO2/c1-5-8-18-14-7-6-13(9-15(14)17-4)12(3)11(2)10-16/h6-7,9,11-12H,5,8,10H2,1-4H3. The molecule has 2 nitrogen and oxygen atoms in total. The molecule has 3 heteroatoms. The van der Waals surface area contributed by atoms with Crippen molar-refractivity contribution in [3.63, 3.8) is 0 Å². The largest absolute Gasteiger partial charge is 0.493 e. The van der Waals surface area contributed by atoms with Gasteiger partial charge in [0.05, 0.1) is 13.7 Å². The van der Waals surface area contributed by atoms with Crippen molar-refractivity contribution >= 4 is 15.9 Å². The van der Waals surface area contributed by atoms with Gasteiger partial charge in [0, 0.05) is 5.33 Å². The molecule has 1 rings (SSSR count). The molecule has 0 saturated heterocycles. The van der Waals surface area contributed by atoms with Gasteiger partial charge in [0.15, 0.2) is 11.5 Å². The first kappa shape index (κ1) is 15.4. The topological polar surface area (TPSA) is 18.5 Å². The third-order valence-electron chi connectivity index (χ3n) is 3.27. The van der Waals surface area contributed by atoms with Crippen molar-refractivity contribution in [2.24, 2.45) is 5.92 Å². The van der Waals surface area contributed by atoms with E-state index in [1.807, 2.05) is 6.07 Å². The third kappa shape index (κ3) is 3.91. The van der Waals surface area contributed by atoms with Crippen LogP contribution < -0.4 is 9.47 Å². The van der Waals surface area contributed by atoms with Gasteiger partial charge in [0.2, 0.25) is 0 Å². The van der Waals surface area contributed by atoms with E-state index in [1.165, 1.54) is 5.56 Å². The second-order valence-electron chi connectivity index (χ2n) is 4.68. The quantitative estimate of drug-likeness (QED) is 0.684. The molecule has 2 unspecified atom stereocenters. The Morgan fingerprint density at radius 2 is 1.94 bits per heavy atom. The van der Waals surface area contributed by atoms with Crippen molar-refractivity contribution in [2.75, 3.05) is 19.0 Å². The molecule has 18 heavy (non-hydrogen) atoms. The first-order valence-corrected chi connectivity index (χ1v) is 7.62. The van der Waals surface area contributed by atoms with Crippen molar-refractivity contribution in [3.05, 3.63) is 23.8 Å². The monoisotopic (exact) mass is 314 g/mol. The minimum absolute atomic E-state index is 0.499. The zero-order chi connectivity index (χ0) is 13.5. The van der Waals surface area contributed by atoms with Gasteiger partial charge in [0.1, 0.15) is 0 Å². The van der Waals surface area contributed by atoms with Crippen LogP contribution in [0.4, 0.5) is 0 Å². The highest BCUT2D eigenvalue weighted by molar-refractivity contribution is 9.09. The Bertz CT molecular complexity index is 366. The lowest BCUT2D eigenvalue weighted by Crippen LogP contribution is -2.08. The first-order valence-electron chi connectivity index (χ1n) is 6.50. The van der Waals surface area contributed by atoms with Crippen molar-refractivity contribution in [1.82, 2.24) is 0 Å². The summed E-state index contributed by atoms with van der Waals surface area (Å²) < 4.78 is 11.1. The van der Waals surface area contributed by atoms with E-state index in [-0.39, 0.29) is 0 Å². The second kappa shape index (κ2) is 7.67. The van der Waals surface area contributed by atoms with E-state index < -0.39 is 0 Å².